The number of benzene rings is 3. The standard InChI is InChI=1S/C35H4F5N9/c1-47-25(12-45)33-27(15-4-14(8-41)20(36)6-21(15)37)17(9-42)28-18(10-43)32-30(19(11-44)29(28)33)34(26(13-46)48-2)31(35(32)49-3)16-5-23(39)24(40)7-22(16)38/h4-7H/b33-25-,34-26-. The topological polar surface area (TPSA) is 156 Å². The Kier molecular flexibility index (Phi) is 7.78. The third-order valence-corrected chi connectivity index (χ3v) is 7.56. The van der Waals surface area contributed by atoms with E-state index in [-0.39, 0.29) is 6.07 Å². The van der Waals surface area contributed by atoms with Gasteiger partial charge in [-0.25, -0.2) is 47.0 Å². The van der Waals surface area contributed by atoms with Gasteiger partial charge in [-0.3, -0.25) is 0 Å². The number of halogens is 5. The molecule has 224 valence electrons. The van der Waals surface area contributed by atoms with Crippen LogP contribution in [0.1, 0.15) is 50.1 Å². The average molecular weight is 645 g/mol. The minimum atomic E-state index is -1.63. The minimum Gasteiger partial charge on any atom is -0.237 e. The van der Waals surface area contributed by atoms with E-state index in [1.165, 1.54) is 12.1 Å². The zero-order valence-electron chi connectivity index (χ0n) is 23.7. The molecule has 0 unspecified atom stereocenters. The molecule has 2 aliphatic rings. The van der Waals surface area contributed by atoms with Crippen LogP contribution < -0.4 is 0 Å². The van der Waals surface area contributed by atoms with E-state index in [1.807, 2.05) is 0 Å². The molecule has 49 heavy (non-hydrogen) atoms. The predicted molar refractivity (Wildman–Crippen MR) is 157 cm³/mol. The first kappa shape index (κ1) is 32.1. The van der Waals surface area contributed by atoms with Crippen LogP contribution in [0.2, 0.25) is 0 Å². The van der Waals surface area contributed by atoms with Gasteiger partial charge in [-0.2, -0.15) is 21.0 Å². The molecule has 0 heterocycles. The molecule has 9 nitrogen and oxygen atoms in total. The van der Waals surface area contributed by atoms with Crippen molar-refractivity contribution < 1.29 is 22.0 Å². The maximum absolute atomic E-state index is 15.5. The Hall–Kier alpha value is -8.32. The first-order chi connectivity index (χ1) is 23.5. The van der Waals surface area contributed by atoms with E-state index < -0.39 is 124 Å². The quantitative estimate of drug-likeness (QED) is 0.121. The van der Waals surface area contributed by atoms with Crippen LogP contribution in [0.3, 0.4) is 0 Å². The molecule has 0 atom stereocenters. The van der Waals surface area contributed by atoms with E-state index in [1.54, 1.807) is 24.3 Å². The molecule has 0 bridgehead atoms. The predicted octanol–water partition coefficient (Wildman–Crippen LogP) is 7.55. The van der Waals surface area contributed by atoms with Crippen molar-refractivity contribution in [1.82, 2.24) is 0 Å². The lowest BCUT2D eigenvalue weighted by Crippen LogP contribution is -2.05. The highest BCUT2D eigenvalue weighted by Crippen LogP contribution is 2.59. The van der Waals surface area contributed by atoms with Crippen LogP contribution in [0.5, 0.6) is 0 Å². The van der Waals surface area contributed by atoms with Crippen molar-refractivity contribution >= 4 is 33.6 Å². The van der Waals surface area contributed by atoms with E-state index >= 15 is 8.78 Å². The summed E-state index contributed by atoms with van der Waals surface area (Å²) in [5.41, 5.74) is -11.6. The molecule has 0 aromatic heterocycles. The first-order valence-electron chi connectivity index (χ1n) is 12.9. The second-order valence-corrected chi connectivity index (χ2v) is 9.74. The molecule has 5 rings (SSSR count). The lowest BCUT2D eigenvalue weighted by atomic mass is 9.83. The normalized spacial score (nSPS) is 14.4. The second kappa shape index (κ2) is 11.9. The SMILES string of the molecule is [C-]#[N+]C1=C(c2cc(F)c(F)cc2F)/C(=C(/C#N)[N+]#[C-])c2c(C#N)c3c(c(C#N)c21)C(C#N)=C(c1cc(C#N)c(F)cc1F)/C3=C(\C#N)[N+]#[C-]. The lowest BCUT2D eigenvalue weighted by Gasteiger charge is -2.17. The molecule has 0 N–H and O–H groups in total. The molecular formula is C35H4F5N9. The minimum absolute atomic E-state index is 0.130. The molecule has 0 amide bonds. The van der Waals surface area contributed by atoms with Crippen LogP contribution in [-0.2, 0) is 0 Å². The zero-order valence-corrected chi connectivity index (χ0v) is 23.7. The number of fused-ring (bicyclic) bond motifs is 2. The number of nitriles is 6. The monoisotopic (exact) mass is 645 g/mol. The highest BCUT2D eigenvalue weighted by molar-refractivity contribution is 6.31. The van der Waals surface area contributed by atoms with Crippen LogP contribution in [-0.4, -0.2) is 0 Å². The van der Waals surface area contributed by atoms with Crippen molar-refractivity contribution in [2.45, 2.75) is 0 Å². The fourth-order valence-corrected chi connectivity index (χ4v) is 5.75. The third kappa shape index (κ3) is 4.36. The summed E-state index contributed by atoms with van der Waals surface area (Å²) < 4.78 is 73.7. The van der Waals surface area contributed by atoms with Gasteiger partial charge in [-0.1, -0.05) is 0 Å². The molecular weight excluding hydrogens is 641 g/mol. The van der Waals surface area contributed by atoms with E-state index in [0.717, 1.165) is 0 Å². The second-order valence-electron chi connectivity index (χ2n) is 9.74. The summed E-state index contributed by atoms with van der Waals surface area (Å²) >= 11 is 0. The summed E-state index contributed by atoms with van der Waals surface area (Å²) in [4.78, 5) is 9.57. The van der Waals surface area contributed by atoms with Gasteiger partial charge in [0.25, 0.3) is 11.4 Å². The van der Waals surface area contributed by atoms with Crippen LogP contribution in [0, 0.1) is 117 Å². The number of nitrogens with zero attached hydrogens (tertiary/aromatic N) is 9. The van der Waals surface area contributed by atoms with Gasteiger partial charge in [0.1, 0.15) is 35.7 Å². The molecule has 0 aliphatic heterocycles. The van der Waals surface area contributed by atoms with E-state index in [4.69, 9.17) is 19.7 Å². The Morgan fingerprint density at radius 2 is 1.02 bits per heavy atom. The van der Waals surface area contributed by atoms with E-state index in [0.29, 0.717) is 18.2 Å². The summed E-state index contributed by atoms with van der Waals surface area (Å²) in [6.07, 6.45) is 0. The van der Waals surface area contributed by atoms with Gasteiger partial charge >= 0.3 is 0 Å². The van der Waals surface area contributed by atoms with Crippen molar-refractivity contribution in [1.29, 1.82) is 31.6 Å². The largest absolute Gasteiger partial charge is 0.270 e. The van der Waals surface area contributed by atoms with E-state index in [2.05, 4.69) is 14.5 Å². The summed E-state index contributed by atoms with van der Waals surface area (Å²) in [6, 6.07) is 11.3. The molecule has 3 aromatic rings. The van der Waals surface area contributed by atoms with Gasteiger partial charge < -0.3 is 0 Å². The summed E-state index contributed by atoms with van der Waals surface area (Å²) in [7, 11) is 0. The molecule has 0 fully saturated rings. The molecule has 3 aromatic carbocycles. The summed E-state index contributed by atoms with van der Waals surface area (Å²) in [5, 5.41) is 60.9. The molecule has 14 heteroatoms. The fraction of sp³-hybridized carbons (Fsp3) is 0. The van der Waals surface area contributed by atoms with Crippen LogP contribution in [0.15, 0.2) is 35.7 Å². The molecule has 0 spiro atoms. The van der Waals surface area contributed by atoms with Crippen LogP contribution in [0.25, 0.3) is 48.1 Å². The highest BCUT2D eigenvalue weighted by atomic mass is 19.2. The van der Waals surface area contributed by atoms with Crippen molar-refractivity contribution in [3.8, 4) is 36.4 Å². The van der Waals surface area contributed by atoms with E-state index in [9.17, 15) is 44.7 Å². The Bertz CT molecular complexity index is 2670. The number of hydrogen-bond acceptors (Lipinski definition) is 6. The number of rotatable bonds is 2. The summed E-state index contributed by atoms with van der Waals surface area (Å²) in [5.74, 6) is -7.38. The van der Waals surface area contributed by atoms with Crippen LogP contribution in [0.4, 0.5) is 22.0 Å². The van der Waals surface area contributed by atoms with Gasteiger partial charge in [-0.15, -0.1) is 0 Å². The van der Waals surface area contributed by atoms with Crippen molar-refractivity contribution in [3.63, 3.8) is 0 Å². The van der Waals surface area contributed by atoms with Gasteiger partial charge in [-0.05, 0) is 28.8 Å². The third-order valence-electron chi connectivity index (χ3n) is 7.56. The number of allylic oxidation sites excluding steroid dienone is 7. The maximum atomic E-state index is 15.5. The Labute approximate surface area is 272 Å². The average Bonchev–Trinajstić information content (AvgIpc) is 3.60. The Morgan fingerprint density at radius 3 is 1.51 bits per heavy atom. The van der Waals surface area contributed by atoms with Crippen molar-refractivity contribution in [3.05, 3.63) is 149 Å². The zero-order chi connectivity index (χ0) is 35.9. The maximum Gasteiger partial charge on any atom is 0.270 e. The Balaban J connectivity index is 2.15. The smallest absolute Gasteiger partial charge is 0.237 e. The molecule has 2 aliphatic carbocycles. The highest BCUT2D eigenvalue weighted by Gasteiger charge is 2.44. The van der Waals surface area contributed by atoms with Gasteiger partial charge in [0.05, 0.1) is 60.2 Å². The molecule has 0 saturated carbocycles. The van der Waals surface area contributed by atoms with Gasteiger partial charge in [0.15, 0.2) is 11.6 Å². The summed E-state index contributed by atoms with van der Waals surface area (Å²) in [6.45, 7) is 23.3. The first-order valence-corrected chi connectivity index (χ1v) is 12.9. The van der Waals surface area contributed by atoms with Crippen LogP contribution >= 0.6 is 0 Å². The van der Waals surface area contributed by atoms with Gasteiger partial charge in [0.2, 0.25) is 5.70 Å². The Morgan fingerprint density at radius 1 is 0.531 bits per heavy atom. The molecule has 0 saturated heterocycles. The van der Waals surface area contributed by atoms with Crippen molar-refractivity contribution in [2.75, 3.05) is 0 Å². The number of hydrogen-bond donors (Lipinski definition) is 0. The lowest BCUT2D eigenvalue weighted by molar-refractivity contribution is 0.494. The van der Waals surface area contributed by atoms with Gasteiger partial charge in [0, 0.05) is 51.1 Å². The van der Waals surface area contributed by atoms with Crippen molar-refractivity contribution in [2.24, 2.45) is 0 Å². The fourth-order valence-electron chi connectivity index (χ4n) is 5.75. The molecule has 0 radical (unpaired) electrons.